The van der Waals surface area contributed by atoms with E-state index in [0.717, 1.165) is 25.9 Å². The van der Waals surface area contributed by atoms with Gasteiger partial charge in [-0.2, -0.15) is 0 Å². The maximum absolute atomic E-state index is 12.0. The van der Waals surface area contributed by atoms with Crippen molar-refractivity contribution in [2.45, 2.75) is 25.8 Å². The summed E-state index contributed by atoms with van der Waals surface area (Å²) in [4.78, 5) is 14.2. The fourth-order valence-electron chi connectivity index (χ4n) is 2.61. The average Bonchev–Trinajstić information content (AvgIpc) is 2.43. The minimum absolute atomic E-state index is 0. The third-order valence-electron chi connectivity index (χ3n) is 3.95. The van der Waals surface area contributed by atoms with Gasteiger partial charge < -0.3 is 11.1 Å². The van der Waals surface area contributed by atoms with Crippen LogP contribution in [0.5, 0.6) is 0 Å². The standard InChI is InChI=1S/C15H21Cl2N3O.ClH/c1-10(18)11-4-6-20(7-5-11)9-15(21)19-12-2-3-13(16)14(17)8-12;/h2-3,8,10-11H,4-7,9,18H2,1H3,(H,19,21);1H. The van der Waals surface area contributed by atoms with Crippen molar-refractivity contribution in [3.63, 3.8) is 0 Å². The summed E-state index contributed by atoms with van der Waals surface area (Å²) < 4.78 is 0. The molecular weight excluding hydrogens is 345 g/mol. The molecule has 1 fully saturated rings. The first-order chi connectivity index (χ1) is 9.95. The third kappa shape index (κ3) is 5.60. The van der Waals surface area contributed by atoms with Crippen LogP contribution in [0.2, 0.25) is 10.0 Å². The lowest BCUT2D eigenvalue weighted by Gasteiger charge is -2.33. The molecule has 1 aromatic rings. The van der Waals surface area contributed by atoms with Crippen molar-refractivity contribution in [2.75, 3.05) is 25.0 Å². The van der Waals surface area contributed by atoms with E-state index in [1.165, 1.54) is 0 Å². The number of hydrogen-bond acceptors (Lipinski definition) is 3. The molecule has 1 aromatic carbocycles. The first-order valence-corrected chi connectivity index (χ1v) is 7.94. The van der Waals surface area contributed by atoms with Crippen molar-refractivity contribution >= 4 is 47.2 Å². The Morgan fingerprint density at radius 2 is 2.00 bits per heavy atom. The molecule has 1 unspecified atom stereocenters. The van der Waals surface area contributed by atoms with Crippen LogP contribution in [0.25, 0.3) is 0 Å². The molecule has 7 heteroatoms. The van der Waals surface area contributed by atoms with Gasteiger partial charge in [-0.1, -0.05) is 23.2 Å². The van der Waals surface area contributed by atoms with Gasteiger partial charge in [0, 0.05) is 11.7 Å². The number of benzene rings is 1. The monoisotopic (exact) mass is 365 g/mol. The second kappa shape index (κ2) is 8.94. The van der Waals surface area contributed by atoms with E-state index < -0.39 is 0 Å². The molecule has 1 amide bonds. The molecule has 0 saturated carbocycles. The molecule has 3 N–H and O–H groups in total. The Morgan fingerprint density at radius 1 is 1.36 bits per heavy atom. The van der Waals surface area contributed by atoms with Crippen molar-refractivity contribution in [1.29, 1.82) is 0 Å². The summed E-state index contributed by atoms with van der Waals surface area (Å²) in [6, 6.07) is 5.31. The van der Waals surface area contributed by atoms with Gasteiger partial charge in [-0.15, -0.1) is 12.4 Å². The first-order valence-electron chi connectivity index (χ1n) is 7.18. The van der Waals surface area contributed by atoms with Crippen LogP contribution in [0.3, 0.4) is 0 Å². The van der Waals surface area contributed by atoms with Gasteiger partial charge in [-0.05, 0) is 57.0 Å². The minimum Gasteiger partial charge on any atom is -0.328 e. The molecule has 1 atom stereocenters. The number of amides is 1. The number of hydrogen-bond donors (Lipinski definition) is 2. The highest BCUT2D eigenvalue weighted by molar-refractivity contribution is 6.42. The van der Waals surface area contributed by atoms with E-state index in [1.807, 2.05) is 0 Å². The number of nitrogens with two attached hydrogens (primary N) is 1. The fourth-order valence-corrected chi connectivity index (χ4v) is 2.91. The molecule has 0 spiro atoms. The Labute approximate surface area is 147 Å². The maximum Gasteiger partial charge on any atom is 0.238 e. The molecular formula is C15H22Cl3N3O. The summed E-state index contributed by atoms with van der Waals surface area (Å²) in [6.45, 7) is 4.28. The molecule has 1 aliphatic heterocycles. The Kier molecular flexibility index (Phi) is 7.94. The van der Waals surface area contributed by atoms with E-state index in [9.17, 15) is 4.79 Å². The molecule has 22 heavy (non-hydrogen) atoms. The lowest BCUT2D eigenvalue weighted by atomic mass is 9.91. The molecule has 0 aliphatic carbocycles. The highest BCUT2D eigenvalue weighted by Crippen LogP contribution is 2.25. The zero-order chi connectivity index (χ0) is 15.4. The number of carbonyl (C=O) groups excluding carboxylic acids is 1. The van der Waals surface area contributed by atoms with Crippen molar-refractivity contribution < 1.29 is 4.79 Å². The molecule has 1 aliphatic rings. The largest absolute Gasteiger partial charge is 0.328 e. The zero-order valence-corrected chi connectivity index (χ0v) is 14.8. The Bertz CT molecular complexity index is 503. The van der Waals surface area contributed by atoms with E-state index >= 15 is 0 Å². The summed E-state index contributed by atoms with van der Waals surface area (Å²) in [6.07, 6.45) is 2.11. The first kappa shape index (κ1) is 19.5. The van der Waals surface area contributed by atoms with Gasteiger partial charge in [0.15, 0.2) is 0 Å². The summed E-state index contributed by atoms with van der Waals surface area (Å²) in [5.41, 5.74) is 6.59. The van der Waals surface area contributed by atoms with Crippen LogP contribution in [0.15, 0.2) is 18.2 Å². The van der Waals surface area contributed by atoms with Crippen LogP contribution < -0.4 is 11.1 Å². The van der Waals surface area contributed by atoms with E-state index in [4.69, 9.17) is 28.9 Å². The Morgan fingerprint density at radius 3 is 2.55 bits per heavy atom. The third-order valence-corrected chi connectivity index (χ3v) is 4.69. The van der Waals surface area contributed by atoms with Gasteiger partial charge in [-0.3, -0.25) is 9.69 Å². The smallest absolute Gasteiger partial charge is 0.238 e. The lowest BCUT2D eigenvalue weighted by molar-refractivity contribution is -0.117. The topological polar surface area (TPSA) is 58.4 Å². The minimum atomic E-state index is -0.0346. The van der Waals surface area contributed by atoms with Crippen LogP contribution in [-0.4, -0.2) is 36.5 Å². The van der Waals surface area contributed by atoms with Gasteiger partial charge in [-0.25, -0.2) is 0 Å². The van der Waals surface area contributed by atoms with E-state index in [0.29, 0.717) is 28.2 Å². The number of halogens is 3. The second-order valence-electron chi connectivity index (χ2n) is 5.65. The summed E-state index contributed by atoms with van der Waals surface area (Å²) in [7, 11) is 0. The van der Waals surface area contributed by atoms with Gasteiger partial charge in [0.1, 0.15) is 0 Å². The number of nitrogens with zero attached hydrogens (tertiary/aromatic N) is 1. The number of nitrogens with one attached hydrogen (secondary N) is 1. The fraction of sp³-hybridized carbons (Fsp3) is 0.533. The number of piperidine rings is 1. The van der Waals surface area contributed by atoms with Gasteiger partial charge >= 0.3 is 0 Å². The van der Waals surface area contributed by atoms with Crippen LogP contribution in [-0.2, 0) is 4.79 Å². The Balaban J connectivity index is 0.00000242. The number of carbonyl (C=O) groups is 1. The molecule has 2 rings (SSSR count). The molecule has 4 nitrogen and oxygen atoms in total. The zero-order valence-electron chi connectivity index (χ0n) is 12.5. The second-order valence-corrected chi connectivity index (χ2v) is 6.46. The van der Waals surface area contributed by atoms with Crippen LogP contribution >= 0.6 is 35.6 Å². The van der Waals surface area contributed by atoms with Crippen molar-refractivity contribution in [1.82, 2.24) is 4.90 Å². The predicted octanol–water partition coefficient (Wildman–Crippen LogP) is 3.41. The number of anilines is 1. The van der Waals surface area contributed by atoms with Crippen molar-refractivity contribution in [2.24, 2.45) is 11.7 Å². The highest BCUT2D eigenvalue weighted by Gasteiger charge is 2.23. The molecule has 0 bridgehead atoms. The van der Waals surface area contributed by atoms with E-state index in [2.05, 4.69) is 17.1 Å². The molecule has 124 valence electrons. The summed E-state index contributed by atoms with van der Waals surface area (Å²) >= 11 is 11.8. The van der Waals surface area contributed by atoms with Crippen LogP contribution in [0.1, 0.15) is 19.8 Å². The molecule has 1 saturated heterocycles. The lowest BCUT2D eigenvalue weighted by Crippen LogP contribution is -2.42. The highest BCUT2D eigenvalue weighted by atomic mass is 35.5. The molecule has 0 radical (unpaired) electrons. The maximum atomic E-state index is 12.0. The summed E-state index contributed by atoms with van der Waals surface area (Å²) in [5.74, 6) is 0.534. The summed E-state index contributed by atoms with van der Waals surface area (Å²) in [5, 5.41) is 3.76. The SMILES string of the molecule is CC(N)C1CCN(CC(=O)Nc2ccc(Cl)c(Cl)c2)CC1.Cl. The molecule has 1 heterocycles. The van der Waals surface area contributed by atoms with Gasteiger partial charge in [0.05, 0.1) is 16.6 Å². The van der Waals surface area contributed by atoms with Crippen molar-refractivity contribution in [3.05, 3.63) is 28.2 Å². The predicted molar refractivity (Wildman–Crippen MR) is 95.2 cm³/mol. The number of likely N-dealkylation sites (tertiary alicyclic amines) is 1. The van der Waals surface area contributed by atoms with Crippen LogP contribution in [0, 0.1) is 5.92 Å². The normalized spacial score (nSPS) is 17.6. The van der Waals surface area contributed by atoms with E-state index in [1.54, 1.807) is 18.2 Å². The quantitative estimate of drug-likeness (QED) is 0.858. The average molecular weight is 367 g/mol. The van der Waals surface area contributed by atoms with Crippen LogP contribution in [0.4, 0.5) is 5.69 Å². The van der Waals surface area contributed by atoms with E-state index in [-0.39, 0.29) is 24.4 Å². The van der Waals surface area contributed by atoms with Gasteiger partial charge in [0.2, 0.25) is 5.91 Å². The molecule has 0 aromatic heterocycles. The number of rotatable bonds is 4. The van der Waals surface area contributed by atoms with Gasteiger partial charge in [0.25, 0.3) is 0 Å². The van der Waals surface area contributed by atoms with Crippen molar-refractivity contribution in [3.8, 4) is 0 Å². The Hall–Kier alpha value is -0.520.